The van der Waals surface area contributed by atoms with E-state index < -0.39 is 25.1 Å². The number of phenolic OH excluding ortho intramolecular Hbond substituents is 1. The Labute approximate surface area is 364 Å². The first-order chi connectivity index (χ1) is 20.3. The van der Waals surface area contributed by atoms with Crippen LogP contribution in [0.3, 0.4) is 0 Å². The second-order valence-corrected chi connectivity index (χ2v) is 12.0. The molecule has 19 heteroatoms. The van der Waals surface area contributed by atoms with Crippen LogP contribution in [0.25, 0.3) is 21.5 Å². The molecule has 0 saturated heterocycles. The Morgan fingerprint density at radius 2 is 1.19 bits per heavy atom. The van der Waals surface area contributed by atoms with Crippen molar-refractivity contribution in [3.05, 3.63) is 84.9 Å². The minimum atomic E-state index is -4.58. The van der Waals surface area contributed by atoms with E-state index in [2.05, 4.69) is 25.8 Å². The molecule has 5 aromatic rings. The molecule has 0 atom stereocenters. The molecular weight excluding hydrogens is 690 g/mol. The van der Waals surface area contributed by atoms with Gasteiger partial charge in [0.25, 0.3) is 20.2 Å². The predicted octanol–water partition coefficient (Wildman–Crippen LogP) is -4.55. The van der Waals surface area contributed by atoms with E-state index in [9.17, 15) is 31.3 Å². The number of aromatic hydroxyl groups is 1. The maximum atomic E-state index is 11.9. The molecule has 5 aromatic carbocycles. The van der Waals surface area contributed by atoms with Crippen molar-refractivity contribution in [1.29, 1.82) is 0 Å². The fourth-order valence-electron chi connectivity index (χ4n) is 4.26. The van der Waals surface area contributed by atoms with Gasteiger partial charge >= 0.3 is 118 Å². The molecule has 0 heterocycles. The van der Waals surface area contributed by atoms with Crippen molar-refractivity contribution in [3.63, 3.8) is 0 Å². The SMILES string of the molecule is CC(=O)Nc1cccc2ccc(N=Nc3ccc(N=Nc4ccc(S(=O)(=O)O)cc4)c4ccc(S(=O)(=O)O)cc34)c(O)c12.[H-].[H-].[H-].[H-].[Na+].[Na+].[Na+].[Na+]. The van der Waals surface area contributed by atoms with Crippen LogP contribution in [0.1, 0.15) is 12.6 Å². The second-order valence-electron chi connectivity index (χ2n) is 9.17. The third-order valence-electron chi connectivity index (χ3n) is 6.22. The number of benzene rings is 5. The monoisotopic (exact) mass is 715 g/mol. The van der Waals surface area contributed by atoms with Crippen LogP contribution in [-0.4, -0.2) is 37.0 Å². The number of phenols is 1. The van der Waals surface area contributed by atoms with E-state index in [0.717, 1.165) is 12.1 Å². The molecule has 0 aliphatic rings. The number of nitrogens with one attached hydrogen (secondary N) is 1. The summed E-state index contributed by atoms with van der Waals surface area (Å²) in [5, 5.41) is 31.9. The van der Waals surface area contributed by atoms with Crippen molar-refractivity contribution < 1.29 is 160 Å². The van der Waals surface area contributed by atoms with Gasteiger partial charge in [-0.2, -0.15) is 21.9 Å². The van der Waals surface area contributed by atoms with E-state index >= 15 is 0 Å². The molecule has 0 fully saturated rings. The summed E-state index contributed by atoms with van der Waals surface area (Å²) in [4.78, 5) is 10.9. The van der Waals surface area contributed by atoms with Crippen molar-refractivity contribution in [2.45, 2.75) is 16.7 Å². The first-order valence-electron chi connectivity index (χ1n) is 12.3. The molecule has 0 spiro atoms. The zero-order chi connectivity index (χ0) is 30.9. The number of rotatable bonds is 7. The molecule has 4 N–H and O–H groups in total. The van der Waals surface area contributed by atoms with Crippen molar-refractivity contribution >= 4 is 76.1 Å². The van der Waals surface area contributed by atoms with Crippen LogP contribution in [-0.2, 0) is 25.0 Å². The van der Waals surface area contributed by atoms with Gasteiger partial charge in [-0.05, 0) is 66.0 Å². The van der Waals surface area contributed by atoms with E-state index in [-0.39, 0.29) is 169 Å². The van der Waals surface area contributed by atoms with Crippen LogP contribution < -0.4 is 124 Å². The van der Waals surface area contributed by atoms with Gasteiger partial charge in [0.05, 0.1) is 32.5 Å². The third-order valence-corrected chi connectivity index (χ3v) is 7.94. The summed E-state index contributed by atoms with van der Waals surface area (Å²) in [6.45, 7) is 1.34. The molecule has 0 radical (unpaired) electrons. The van der Waals surface area contributed by atoms with Crippen LogP contribution in [0.4, 0.5) is 28.4 Å². The standard InChI is InChI=1S/C28H21N5O8S2.4Na.4H/c1-16(34)29-25-4-2-3-17-5-12-26(28(35)27(17)25)33-32-24-14-13-23(21-11-10-20(15-22(21)24)43(39,40)41)31-30-18-6-8-19(9-7-18)42(36,37)38;;;;;;;;/h2-15,35H,1H3,(H,29,34)(H,36,37,38)(H,39,40,41);;;;;;;;/q;4*+1;4*-1. The van der Waals surface area contributed by atoms with Crippen LogP contribution in [0.5, 0.6) is 5.75 Å². The van der Waals surface area contributed by atoms with Gasteiger partial charge in [-0.15, -0.1) is 15.3 Å². The molecule has 226 valence electrons. The van der Waals surface area contributed by atoms with Crippen LogP contribution >= 0.6 is 0 Å². The quantitative estimate of drug-likeness (QED) is 0.0732. The molecule has 0 saturated carbocycles. The Hall–Kier alpha value is -1.09. The minimum absolute atomic E-state index is 0. The minimum Gasteiger partial charge on any atom is -1.00 e. The predicted molar refractivity (Wildman–Crippen MR) is 163 cm³/mol. The molecule has 0 aromatic heterocycles. The average molecular weight is 716 g/mol. The van der Waals surface area contributed by atoms with Crippen LogP contribution in [0.2, 0.25) is 0 Å². The molecule has 47 heavy (non-hydrogen) atoms. The smallest absolute Gasteiger partial charge is 1.00 e. The largest absolute Gasteiger partial charge is 1.00 e. The first kappa shape index (κ1) is 43.9. The summed E-state index contributed by atoms with van der Waals surface area (Å²) in [5.41, 5.74) is 1.17. The molecular formula is C28H25N5Na4O8S2. The number of amides is 1. The van der Waals surface area contributed by atoms with Gasteiger partial charge < -0.3 is 16.1 Å². The van der Waals surface area contributed by atoms with Gasteiger partial charge in [0, 0.05) is 23.1 Å². The van der Waals surface area contributed by atoms with Crippen molar-refractivity contribution in [2.24, 2.45) is 20.5 Å². The maximum absolute atomic E-state index is 11.9. The van der Waals surface area contributed by atoms with Crippen molar-refractivity contribution in [2.75, 3.05) is 5.32 Å². The Morgan fingerprint density at radius 1 is 0.660 bits per heavy atom. The molecule has 0 aliphatic carbocycles. The molecule has 0 aliphatic heterocycles. The number of carbonyl (C=O) groups excluding carboxylic acids is 1. The van der Waals surface area contributed by atoms with Gasteiger partial charge in [-0.3, -0.25) is 13.9 Å². The number of anilines is 1. The van der Waals surface area contributed by atoms with Gasteiger partial charge in [0.15, 0.2) is 5.75 Å². The number of azo groups is 2. The molecule has 13 nitrogen and oxygen atoms in total. The topological polar surface area (TPSA) is 208 Å². The van der Waals surface area contributed by atoms with Crippen molar-refractivity contribution in [3.8, 4) is 5.75 Å². The first-order valence-corrected chi connectivity index (χ1v) is 15.2. The Bertz CT molecular complexity index is 2240. The van der Waals surface area contributed by atoms with E-state index in [1.54, 1.807) is 24.3 Å². The van der Waals surface area contributed by atoms with Crippen molar-refractivity contribution in [1.82, 2.24) is 0 Å². The van der Waals surface area contributed by atoms with Gasteiger partial charge in [0.2, 0.25) is 5.91 Å². The maximum Gasteiger partial charge on any atom is 1.00 e. The fraction of sp³-hybridized carbons (Fsp3) is 0.0357. The van der Waals surface area contributed by atoms with Crippen LogP contribution in [0.15, 0.2) is 115 Å². The third kappa shape index (κ3) is 10.7. The summed E-state index contributed by atoms with van der Waals surface area (Å²) in [5.74, 6) is -0.564. The fourth-order valence-corrected chi connectivity index (χ4v) is 5.25. The summed E-state index contributed by atoms with van der Waals surface area (Å²) < 4.78 is 65.1. The molecule has 0 unspecified atom stereocenters. The average Bonchev–Trinajstić information content (AvgIpc) is 2.95. The van der Waals surface area contributed by atoms with E-state index in [0.29, 0.717) is 21.8 Å². The molecule has 1 amide bonds. The number of hydrogen-bond donors (Lipinski definition) is 4. The zero-order valence-electron chi connectivity index (χ0n) is 30.1. The zero-order valence-corrected chi connectivity index (χ0v) is 35.7. The van der Waals surface area contributed by atoms with E-state index in [1.807, 2.05) is 0 Å². The van der Waals surface area contributed by atoms with Gasteiger partial charge in [-0.1, -0.05) is 24.3 Å². The molecule has 0 bridgehead atoms. The number of fused-ring (bicyclic) bond motifs is 2. The van der Waals surface area contributed by atoms with E-state index in [4.69, 9.17) is 4.55 Å². The van der Waals surface area contributed by atoms with E-state index in [1.165, 1.54) is 55.5 Å². The van der Waals surface area contributed by atoms with Crippen LogP contribution in [0, 0.1) is 0 Å². The Balaban J connectivity index is -0.00000138. The second kappa shape index (κ2) is 18.2. The number of hydrogen-bond acceptors (Lipinski definition) is 10. The number of carbonyl (C=O) groups is 1. The van der Waals surface area contributed by atoms with Gasteiger partial charge in [-0.25, -0.2) is 0 Å². The summed E-state index contributed by atoms with van der Waals surface area (Å²) in [6.07, 6.45) is 0. The molecule has 5 rings (SSSR count). The van der Waals surface area contributed by atoms with Gasteiger partial charge in [0.1, 0.15) is 5.69 Å². The Morgan fingerprint density at radius 3 is 1.79 bits per heavy atom. The Kier molecular flexibility index (Phi) is 17.0. The summed E-state index contributed by atoms with van der Waals surface area (Å²) in [7, 11) is -8.95. The normalized spacial score (nSPS) is 11.4. The summed E-state index contributed by atoms with van der Waals surface area (Å²) in [6, 6.07) is 20.1. The number of nitrogens with zero attached hydrogens (tertiary/aromatic N) is 4. The summed E-state index contributed by atoms with van der Waals surface area (Å²) >= 11 is 0.